The number of halogens is 1. The topological polar surface area (TPSA) is 61.8 Å². The Bertz CT molecular complexity index is 515. The van der Waals surface area contributed by atoms with Gasteiger partial charge < -0.3 is 20.1 Å². The smallest absolute Gasteiger partial charge is 0.410 e. The molecule has 0 saturated heterocycles. The van der Waals surface area contributed by atoms with E-state index < -0.39 is 11.4 Å². The molecular formula is C17H27FN2O3. The van der Waals surface area contributed by atoms with Crippen LogP contribution in [-0.4, -0.2) is 41.3 Å². The summed E-state index contributed by atoms with van der Waals surface area (Å²) in [5, 5.41) is 12.7. The number of hydrogen-bond donors (Lipinski definition) is 2. The van der Waals surface area contributed by atoms with E-state index in [2.05, 4.69) is 5.32 Å². The van der Waals surface area contributed by atoms with Gasteiger partial charge in [0.05, 0.1) is 0 Å². The van der Waals surface area contributed by atoms with Crippen LogP contribution in [0.15, 0.2) is 18.2 Å². The van der Waals surface area contributed by atoms with Gasteiger partial charge in [-0.25, -0.2) is 9.18 Å². The first kappa shape index (κ1) is 19.2. The Morgan fingerprint density at radius 2 is 2.04 bits per heavy atom. The van der Waals surface area contributed by atoms with Crippen molar-refractivity contribution in [1.82, 2.24) is 10.2 Å². The van der Waals surface area contributed by atoms with Gasteiger partial charge in [-0.15, -0.1) is 0 Å². The number of benzene rings is 1. The predicted octanol–water partition coefficient (Wildman–Crippen LogP) is 3.27. The second kappa shape index (κ2) is 8.72. The molecule has 5 nitrogen and oxygen atoms in total. The molecule has 1 amide bonds. The first-order valence-electron chi connectivity index (χ1n) is 7.89. The number of phenols is 1. The second-order valence-electron chi connectivity index (χ2n) is 6.39. The molecule has 0 aliphatic heterocycles. The van der Waals surface area contributed by atoms with E-state index in [1.807, 2.05) is 27.7 Å². The summed E-state index contributed by atoms with van der Waals surface area (Å²) < 4.78 is 18.6. The third-order valence-electron chi connectivity index (χ3n) is 3.09. The zero-order valence-corrected chi connectivity index (χ0v) is 14.4. The number of nitrogens with one attached hydrogen (secondary N) is 1. The van der Waals surface area contributed by atoms with E-state index >= 15 is 0 Å². The normalized spacial score (nSPS) is 11.3. The quantitative estimate of drug-likeness (QED) is 0.755. The summed E-state index contributed by atoms with van der Waals surface area (Å²) in [6, 6.07) is 4.42. The lowest BCUT2D eigenvalue weighted by Gasteiger charge is -2.27. The highest BCUT2D eigenvalue weighted by Gasteiger charge is 2.21. The summed E-state index contributed by atoms with van der Waals surface area (Å²) in [7, 11) is 0. The Kier molecular flexibility index (Phi) is 7.29. The number of ether oxygens (including phenoxy) is 1. The zero-order valence-electron chi connectivity index (χ0n) is 14.4. The van der Waals surface area contributed by atoms with Crippen LogP contribution in [0.1, 0.15) is 39.7 Å². The number of para-hydroxylation sites is 1. The van der Waals surface area contributed by atoms with Gasteiger partial charge in [-0.05, 0) is 33.3 Å². The van der Waals surface area contributed by atoms with Gasteiger partial charge in [0.2, 0.25) is 0 Å². The maximum atomic E-state index is 13.2. The molecule has 130 valence electrons. The first-order valence-corrected chi connectivity index (χ1v) is 7.89. The molecule has 0 radical (unpaired) electrons. The van der Waals surface area contributed by atoms with Crippen LogP contribution in [0.4, 0.5) is 9.18 Å². The third kappa shape index (κ3) is 6.86. The molecule has 0 unspecified atom stereocenters. The van der Waals surface area contributed by atoms with E-state index in [4.69, 9.17) is 4.74 Å². The van der Waals surface area contributed by atoms with Crippen molar-refractivity contribution < 1.29 is 19.0 Å². The Labute approximate surface area is 137 Å². The third-order valence-corrected chi connectivity index (χ3v) is 3.09. The van der Waals surface area contributed by atoms with Crippen LogP contribution in [0.2, 0.25) is 0 Å². The lowest BCUT2D eigenvalue weighted by atomic mass is 10.2. The van der Waals surface area contributed by atoms with Gasteiger partial charge in [0.25, 0.3) is 0 Å². The van der Waals surface area contributed by atoms with Crippen LogP contribution in [0.5, 0.6) is 5.75 Å². The molecule has 1 rings (SSSR count). The molecule has 1 aromatic rings. The van der Waals surface area contributed by atoms with Crippen LogP contribution >= 0.6 is 0 Å². The molecule has 0 aromatic heterocycles. The summed E-state index contributed by atoms with van der Waals surface area (Å²) >= 11 is 0. The number of nitrogens with zero attached hydrogens (tertiary/aromatic N) is 1. The van der Waals surface area contributed by atoms with Gasteiger partial charge in [0.1, 0.15) is 5.60 Å². The summed E-state index contributed by atoms with van der Waals surface area (Å²) in [5.74, 6) is -0.969. The van der Waals surface area contributed by atoms with Crippen molar-refractivity contribution in [2.45, 2.75) is 46.3 Å². The molecule has 0 bridgehead atoms. The van der Waals surface area contributed by atoms with Crippen molar-refractivity contribution in [3.05, 3.63) is 29.6 Å². The summed E-state index contributed by atoms with van der Waals surface area (Å²) in [6.45, 7) is 9.45. The van der Waals surface area contributed by atoms with Crippen LogP contribution in [0, 0.1) is 5.82 Å². The van der Waals surface area contributed by atoms with Crippen molar-refractivity contribution in [3.63, 3.8) is 0 Å². The summed E-state index contributed by atoms with van der Waals surface area (Å²) in [4.78, 5) is 13.7. The molecule has 0 spiro atoms. The fourth-order valence-electron chi connectivity index (χ4n) is 2.03. The van der Waals surface area contributed by atoms with Gasteiger partial charge in [-0.2, -0.15) is 0 Å². The van der Waals surface area contributed by atoms with Gasteiger partial charge in [0, 0.05) is 31.7 Å². The molecule has 0 heterocycles. The lowest BCUT2D eigenvalue weighted by Crippen LogP contribution is -2.40. The SMILES string of the molecule is CCCN(CCNCc1cccc(F)c1O)C(=O)OC(C)(C)C. The van der Waals surface area contributed by atoms with E-state index in [9.17, 15) is 14.3 Å². The molecule has 23 heavy (non-hydrogen) atoms. The number of phenolic OH excluding ortho intramolecular Hbond substituents is 1. The molecule has 6 heteroatoms. The maximum absolute atomic E-state index is 13.2. The van der Waals surface area contributed by atoms with Gasteiger partial charge in [-0.3, -0.25) is 0 Å². The zero-order chi connectivity index (χ0) is 17.5. The molecule has 0 saturated carbocycles. The van der Waals surface area contributed by atoms with E-state index in [-0.39, 0.29) is 11.8 Å². The van der Waals surface area contributed by atoms with Crippen LogP contribution in [0.3, 0.4) is 0 Å². The number of carbonyl (C=O) groups is 1. The van der Waals surface area contributed by atoms with Crippen molar-refractivity contribution in [2.24, 2.45) is 0 Å². The minimum absolute atomic E-state index is 0.331. The first-order chi connectivity index (χ1) is 10.7. The summed E-state index contributed by atoms with van der Waals surface area (Å²) in [5.41, 5.74) is -0.0338. The highest BCUT2D eigenvalue weighted by molar-refractivity contribution is 5.68. The second-order valence-corrected chi connectivity index (χ2v) is 6.39. The summed E-state index contributed by atoms with van der Waals surface area (Å²) in [6.07, 6.45) is 0.499. The van der Waals surface area contributed by atoms with E-state index in [1.54, 1.807) is 17.0 Å². The largest absolute Gasteiger partial charge is 0.505 e. The average molecular weight is 326 g/mol. The minimum Gasteiger partial charge on any atom is -0.505 e. The van der Waals surface area contributed by atoms with Crippen LogP contribution in [-0.2, 0) is 11.3 Å². The average Bonchev–Trinajstić information content (AvgIpc) is 2.44. The fourth-order valence-corrected chi connectivity index (χ4v) is 2.03. The monoisotopic (exact) mass is 326 g/mol. The molecule has 0 atom stereocenters. The van der Waals surface area contributed by atoms with Crippen molar-refractivity contribution >= 4 is 6.09 Å². The van der Waals surface area contributed by atoms with Crippen molar-refractivity contribution in [2.75, 3.05) is 19.6 Å². The minimum atomic E-state index is -0.634. The molecule has 0 aliphatic carbocycles. The Morgan fingerprint density at radius 3 is 2.65 bits per heavy atom. The van der Waals surface area contributed by atoms with Gasteiger partial charge >= 0.3 is 6.09 Å². The van der Waals surface area contributed by atoms with E-state index in [0.717, 1.165) is 6.42 Å². The molecule has 0 fully saturated rings. The maximum Gasteiger partial charge on any atom is 0.410 e. The van der Waals surface area contributed by atoms with Crippen LogP contribution in [0.25, 0.3) is 0 Å². The number of amides is 1. The van der Waals surface area contributed by atoms with Crippen LogP contribution < -0.4 is 5.32 Å². The number of rotatable bonds is 7. The number of carbonyl (C=O) groups excluding carboxylic acids is 1. The van der Waals surface area contributed by atoms with Gasteiger partial charge in [-0.1, -0.05) is 19.1 Å². The predicted molar refractivity (Wildman–Crippen MR) is 87.9 cm³/mol. The van der Waals surface area contributed by atoms with Crippen molar-refractivity contribution in [3.8, 4) is 5.75 Å². The Hall–Kier alpha value is -1.82. The van der Waals surface area contributed by atoms with Gasteiger partial charge in [0.15, 0.2) is 11.6 Å². The number of hydrogen-bond acceptors (Lipinski definition) is 4. The highest BCUT2D eigenvalue weighted by Crippen LogP contribution is 2.20. The molecule has 2 N–H and O–H groups in total. The number of aromatic hydroxyl groups is 1. The molecule has 1 aromatic carbocycles. The lowest BCUT2D eigenvalue weighted by molar-refractivity contribution is 0.0252. The Balaban J connectivity index is 2.47. The van der Waals surface area contributed by atoms with Crippen molar-refractivity contribution in [1.29, 1.82) is 0 Å². The highest BCUT2D eigenvalue weighted by atomic mass is 19.1. The standard InChI is InChI=1S/C17H27FN2O3/c1-5-10-20(16(22)23-17(2,3)4)11-9-19-12-13-7-6-8-14(18)15(13)21/h6-8,19,21H,5,9-12H2,1-4H3. The fraction of sp³-hybridized carbons (Fsp3) is 0.588. The van der Waals surface area contributed by atoms with E-state index in [0.29, 0.717) is 31.7 Å². The molecule has 0 aliphatic rings. The van der Waals surface area contributed by atoms with E-state index in [1.165, 1.54) is 6.07 Å². The molecular weight excluding hydrogens is 299 g/mol. The Morgan fingerprint density at radius 1 is 1.35 bits per heavy atom.